The number of aromatic nitrogens is 2. The van der Waals surface area contributed by atoms with Gasteiger partial charge in [-0.2, -0.15) is 26.3 Å². The molecular weight excluding hydrogens is 498 g/mol. The summed E-state index contributed by atoms with van der Waals surface area (Å²) in [6.45, 7) is 1.56. The summed E-state index contributed by atoms with van der Waals surface area (Å²) in [5.74, 6) is 0.588. The highest BCUT2D eigenvalue weighted by molar-refractivity contribution is 9.10. The van der Waals surface area contributed by atoms with Crippen LogP contribution in [-0.2, 0) is 18.9 Å². The van der Waals surface area contributed by atoms with Crippen molar-refractivity contribution in [2.45, 2.75) is 30.7 Å². The van der Waals surface area contributed by atoms with Crippen molar-refractivity contribution in [1.29, 1.82) is 0 Å². The summed E-state index contributed by atoms with van der Waals surface area (Å²) >= 11 is 4.29. The molecule has 0 fully saturated rings. The molecule has 0 aliphatic heterocycles. The van der Waals surface area contributed by atoms with Crippen LogP contribution < -0.4 is 5.56 Å². The number of benzene rings is 2. The third-order valence-corrected chi connectivity index (χ3v) is 5.84. The van der Waals surface area contributed by atoms with Crippen LogP contribution in [-0.4, -0.2) is 15.3 Å². The van der Waals surface area contributed by atoms with E-state index in [9.17, 15) is 31.1 Å². The van der Waals surface area contributed by atoms with E-state index in [1.54, 1.807) is 0 Å². The monoisotopic (exact) mass is 510 g/mol. The SMILES string of the molecule is CCSc1ccc(C(F)(F)F)cc1Cn1cnc2c(Br)cc(C(F)(F)F)cc2c1=O. The van der Waals surface area contributed by atoms with Gasteiger partial charge in [0.2, 0.25) is 0 Å². The van der Waals surface area contributed by atoms with Crippen LogP contribution in [0.3, 0.4) is 0 Å². The van der Waals surface area contributed by atoms with Gasteiger partial charge in [0.05, 0.1) is 34.9 Å². The summed E-state index contributed by atoms with van der Waals surface area (Å²) in [5, 5.41) is -0.282. The minimum absolute atomic E-state index is 0.00197. The molecule has 1 heterocycles. The van der Waals surface area contributed by atoms with Crippen molar-refractivity contribution in [1.82, 2.24) is 9.55 Å². The van der Waals surface area contributed by atoms with Gasteiger partial charge < -0.3 is 0 Å². The Morgan fingerprint density at radius 2 is 1.70 bits per heavy atom. The molecule has 11 heteroatoms. The predicted octanol–water partition coefficient (Wildman–Crippen LogP) is 6.36. The van der Waals surface area contributed by atoms with Crippen molar-refractivity contribution in [3.05, 3.63) is 68.2 Å². The van der Waals surface area contributed by atoms with Gasteiger partial charge in [-0.15, -0.1) is 11.8 Å². The molecule has 160 valence electrons. The van der Waals surface area contributed by atoms with Gasteiger partial charge in [-0.25, -0.2) is 4.98 Å². The average Bonchev–Trinajstić information content (AvgIpc) is 2.64. The molecule has 0 aliphatic carbocycles. The number of rotatable bonds is 4. The molecule has 3 aromatic rings. The Labute approximate surface area is 179 Å². The number of nitrogens with zero attached hydrogens (tertiary/aromatic N) is 2. The third-order valence-electron chi connectivity index (χ3n) is 4.24. The lowest BCUT2D eigenvalue weighted by Gasteiger charge is -2.15. The summed E-state index contributed by atoms with van der Waals surface area (Å²) < 4.78 is 79.7. The van der Waals surface area contributed by atoms with Gasteiger partial charge >= 0.3 is 12.4 Å². The zero-order chi connectivity index (χ0) is 22.3. The highest BCUT2D eigenvalue weighted by atomic mass is 79.9. The van der Waals surface area contributed by atoms with Crippen LogP contribution in [0.15, 0.2) is 50.8 Å². The van der Waals surface area contributed by atoms with E-state index in [0.29, 0.717) is 16.7 Å². The topological polar surface area (TPSA) is 34.9 Å². The van der Waals surface area contributed by atoms with Crippen LogP contribution in [0.4, 0.5) is 26.3 Å². The van der Waals surface area contributed by atoms with Gasteiger partial charge in [0.15, 0.2) is 0 Å². The molecule has 0 atom stereocenters. The molecule has 30 heavy (non-hydrogen) atoms. The van der Waals surface area contributed by atoms with Crippen molar-refractivity contribution in [3.8, 4) is 0 Å². The molecule has 0 spiro atoms. The molecule has 3 nitrogen and oxygen atoms in total. The summed E-state index contributed by atoms with van der Waals surface area (Å²) in [7, 11) is 0. The number of hydrogen-bond acceptors (Lipinski definition) is 3. The van der Waals surface area contributed by atoms with Crippen molar-refractivity contribution >= 4 is 38.6 Å². The smallest absolute Gasteiger partial charge is 0.294 e. The summed E-state index contributed by atoms with van der Waals surface area (Å²) in [6.07, 6.45) is -8.12. The first-order valence-corrected chi connectivity index (χ1v) is 10.3. The Hall–Kier alpha value is -2.01. The fraction of sp³-hybridized carbons (Fsp3) is 0.263. The van der Waals surface area contributed by atoms with Gasteiger partial charge in [0, 0.05) is 9.37 Å². The van der Waals surface area contributed by atoms with Gasteiger partial charge in [-0.05, 0) is 57.6 Å². The summed E-state index contributed by atoms with van der Waals surface area (Å²) in [6, 6.07) is 4.73. The van der Waals surface area contributed by atoms with Crippen LogP contribution in [0.1, 0.15) is 23.6 Å². The molecule has 0 N–H and O–H groups in total. The van der Waals surface area contributed by atoms with Gasteiger partial charge in [0.1, 0.15) is 0 Å². The number of thioether (sulfide) groups is 1. The van der Waals surface area contributed by atoms with Crippen LogP contribution in [0, 0.1) is 0 Å². The molecule has 3 rings (SSSR count). The lowest BCUT2D eigenvalue weighted by molar-refractivity contribution is -0.138. The normalized spacial score (nSPS) is 12.5. The second-order valence-electron chi connectivity index (χ2n) is 6.28. The standard InChI is InChI=1S/C19H13BrF6N2OS/c1-2-30-15-4-3-11(18(21,22)23)5-10(15)8-28-9-27-16-13(17(28)29)6-12(7-14(16)20)19(24,25)26/h3-7,9H,2,8H2,1H3. The van der Waals surface area contributed by atoms with Crippen LogP contribution >= 0.6 is 27.7 Å². The summed E-state index contributed by atoms with van der Waals surface area (Å²) in [5.41, 5.74) is -2.42. The molecule has 0 saturated heterocycles. The van der Waals surface area contributed by atoms with Crippen molar-refractivity contribution < 1.29 is 26.3 Å². The molecule has 0 bridgehead atoms. The Kier molecular flexibility index (Phi) is 6.24. The van der Waals surface area contributed by atoms with Crippen molar-refractivity contribution in [3.63, 3.8) is 0 Å². The molecule has 0 unspecified atom stereocenters. The Morgan fingerprint density at radius 3 is 2.30 bits per heavy atom. The first-order chi connectivity index (χ1) is 13.9. The van der Waals surface area contributed by atoms with Crippen molar-refractivity contribution in [2.24, 2.45) is 0 Å². The first-order valence-electron chi connectivity index (χ1n) is 8.50. The fourth-order valence-corrected chi connectivity index (χ4v) is 4.21. The zero-order valence-corrected chi connectivity index (χ0v) is 17.6. The molecule has 0 aliphatic rings. The largest absolute Gasteiger partial charge is 0.416 e. The van der Waals surface area contributed by atoms with E-state index in [-0.39, 0.29) is 27.5 Å². The van der Waals surface area contributed by atoms with E-state index in [4.69, 9.17) is 0 Å². The van der Waals surface area contributed by atoms with E-state index in [1.807, 2.05) is 6.92 Å². The lowest BCUT2D eigenvalue weighted by atomic mass is 10.1. The number of halogens is 7. The van der Waals surface area contributed by atoms with Gasteiger partial charge in [-0.1, -0.05) is 6.92 Å². The first kappa shape index (κ1) is 22.7. The van der Waals surface area contributed by atoms with E-state index >= 15 is 0 Å². The highest BCUT2D eigenvalue weighted by Gasteiger charge is 2.32. The Bertz CT molecular complexity index is 1160. The van der Waals surface area contributed by atoms with Crippen molar-refractivity contribution in [2.75, 3.05) is 5.75 Å². The Balaban J connectivity index is 2.14. The number of alkyl halides is 6. The third kappa shape index (κ3) is 4.66. The maximum absolute atomic E-state index is 13.1. The quantitative estimate of drug-likeness (QED) is 0.302. The minimum Gasteiger partial charge on any atom is -0.294 e. The van der Waals surface area contributed by atoms with Crippen LogP contribution in [0.25, 0.3) is 10.9 Å². The lowest BCUT2D eigenvalue weighted by Crippen LogP contribution is -2.22. The number of fused-ring (bicyclic) bond motifs is 1. The fourth-order valence-electron chi connectivity index (χ4n) is 2.86. The summed E-state index contributed by atoms with van der Waals surface area (Å²) in [4.78, 5) is 17.4. The highest BCUT2D eigenvalue weighted by Crippen LogP contribution is 2.35. The Morgan fingerprint density at radius 1 is 1.03 bits per heavy atom. The van der Waals surface area contributed by atoms with E-state index < -0.39 is 29.0 Å². The van der Waals surface area contributed by atoms with E-state index in [1.165, 1.54) is 17.8 Å². The average molecular weight is 511 g/mol. The zero-order valence-electron chi connectivity index (χ0n) is 15.2. The van der Waals surface area contributed by atoms with Crippen LogP contribution in [0.2, 0.25) is 0 Å². The van der Waals surface area contributed by atoms with Crippen LogP contribution in [0.5, 0.6) is 0 Å². The maximum Gasteiger partial charge on any atom is 0.416 e. The van der Waals surface area contributed by atoms with E-state index in [2.05, 4.69) is 20.9 Å². The number of hydrogen-bond donors (Lipinski definition) is 0. The second kappa shape index (κ2) is 8.26. The predicted molar refractivity (Wildman–Crippen MR) is 106 cm³/mol. The molecule has 2 aromatic carbocycles. The van der Waals surface area contributed by atoms with Gasteiger partial charge in [0.25, 0.3) is 5.56 Å². The molecule has 0 radical (unpaired) electrons. The minimum atomic E-state index is -4.67. The second-order valence-corrected chi connectivity index (χ2v) is 8.44. The maximum atomic E-state index is 13.1. The molecule has 0 saturated carbocycles. The molecule has 1 aromatic heterocycles. The molecule has 0 amide bonds. The molecular formula is C19H13BrF6N2OS. The van der Waals surface area contributed by atoms with Gasteiger partial charge in [-0.3, -0.25) is 9.36 Å². The van der Waals surface area contributed by atoms with E-state index in [0.717, 1.165) is 29.1 Å².